The van der Waals surface area contributed by atoms with Crippen molar-refractivity contribution in [1.29, 1.82) is 0 Å². The largest absolute Gasteiger partial charge is 0.462 e. The molecular weight excluding hydrogens is 242 g/mol. The Kier molecular flexibility index (Phi) is 2.53. The van der Waals surface area contributed by atoms with Crippen molar-refractivity contribution in [2.75, 3.05) is 31.2 Å². The lowest BCUT2D eigenvalue weighted by atomic mass is 10.0. The summed E-state index contributed by atoms with van der Waals surface area (Å²) in [7, 11) is 0. The first kappa shape index (κ1) is 11.3. The topological polar surface area (TPSA) is 34.8 Å². The van der Waals surface area contributed by atoms with Crippen molar-refractivity contribution >= 4 is 16.7 Å². The highest BCUT2D eigenvalue weighted by Gasteiger charge is 2.40. The third-order valence-electron chi connectivity index (χ3n) is 4.14. The van der Waals surface area contributed by atoms with Gasteiger partial charge in [-0.2, -0.15) is 0 Å². The van der Waals surface area contributed by atoms with Crippen molar-refractivity contribution in [3.05, 3.63) is 30.5 Å². The number of hydrogen-bond acceptors (Lipinski definition) is 4. The smallest absolute Gasteiger partial charge is 0.171 e. The Morgan fingerprint density at radius 2 is 1.74 bits per heavy atom. The van der Waals surface area contributed by atoms with Gasteiger partial charge in [0.25, 0.3) is 0 Å². The van der Waals surface area contributed by atoms with E-state index in [2.05, 4.69) is 17.0 Å². The van der Waals surface area contributed by atoms with Crippen LogP contribution >= 0.6 is 0 Å². The second-order valence-electron chi connectivity index (χ2n) is 5.21. The number of ether oxygens (including phenoxy) is 2. The average Bonchev–Trinajstić information content (AvgIpc) is 3.08. The maximum Gasteiger partial charge on any atom is 0.171 e. The van der Waals surface area contributed by atoms with Gasteiger partial charge in [-0.25, -0.2) is 0 Å². The zero-order chi connectivity index (χ0) is 12.7. The number of anilines is 1. The molecule has 4 rings (SSSR count). The molecule has 0 atom stereocenters. The van der Waals surface area contributed by atoms with E-state index in [0.717, 1.165) is 44.7 Å². The van der Waals surface area contributed by atoms with Crippen molar-refractivity contribution in [2.24, 2.45) is 0 Å². The monoisotopic (exact) mass is 259 g/mol. The van der Waals surface area contributed by atoms with Crippen LogP contribution in [0.2, 0.25) is 0 Å². The van der Waals surface area contributed by atoms with E-state index in [1.54, 1.807) is 0 Å². The molecule has 1 aromatic heterocycles. The van der Waals surface area contributed by atoms with Crippen LogP contribution in [0.5, 0.6) is 0 Å². The molecule has 4 heteroatoms. The maximum absolute atomic E-state index is 5.76. The van der Waals surface area contributed by atoms with Crippen LogP contribution in [0.3, 0.4) is 0 Å². The second kappa shape index (κ2) is 4.25. The summed E-state index contributed by atoms with van der Waals surface area (Å²) in [5.41, 5.74) is 2.13. The van der Waals surface area contributed by atoms with Crippen LogP contribution in [0.1, 0.15) is 12.8 Å². The fraction of sp³-hybridized carbons (Fsp3) is 0.467. The van der Waals surface area contributed by atoms with E-state index >= 15 is 0 Å². The van der Waals surface area contributed by atoms with E-state index in [-0.39, 0.29) is 5.79 Å². The first-order chi connectivity index (χ1) is 9.36. The number of para-hydroxylation sites is 1. The highest BCUT2D eigenvalue weighted by atomic mass is 16.7. The van der Waals surface area contributed by atoms with Crippen molar-refractivity contribution in [3.8, 4) is 0 Å². The highest BCUT2D eigenvalue weighted by Crippen LogP contribution is 2.36. The molecule has 1 spiro atoms. The van der Waals surface area contributed by atoms with Crippen molar-refractivity contribution in [1.82, 2.24) is 0 Å². The average molecular weight is 259 g/mol. The molecule has 1 aromatic carbocycles. The van der Waals surface area contributed by atoms with Gasteiger partial charge in [0.1, 0.15) is 11.8 Å². The summed E-state index contributed by atoms with van der Waals surface area (Å²) in [5, 5.41) is 1.19. The van der Waals surface area contributed by atoms with Gasteiger partial charge in [-0.05, 0) is 12.1 Å². The summed E-state index contributed by atoms with van der Waals surface area (Å²) in [5.74, 6) is -0.309. The molecule has 2 saturated heterocycles. The predicted molar refractivity (Wildman–Crippen MR) is 72.3 cm³/mol. The zero-order valence-corrected chi connectivity index (χ0v) is 10.8. The van der Waals surface area contributed by atoms with E-state index in [0.29, 0.717) is 0 Å². The molecule has 100 valence electrons. The number of rotatable bonds is 1. The van der Waals surface area contributed by atoms with Gasteiger partial charge in [0.15, 0.2) is 5.79 Å². The first-order valence-corrected chi connectivity index (χ1v) is 6.85. The SMILES string of the molecule is c1ccc2c(N3CCC4(CC3)OCCO4)coc2c1. The molecule has 2 aliphatic heterocycles. The van der Waals surface area contributed by atoms with Gasteiger partial charge < -0.3 is 18.8 Å². The zero-order valence-electron chi connectivity index (χ0n) is 10.8. The Bertz CT molecular complexity index is 576. The molecule has 2 fully saturated rings. The van der Waals surface area contributed by atoms with Gasteiger partial charge in [0.05, 0.1) is 18.9 Å². The first-order valence-electron chi connectivity index (χ1n) is 6.85. The molecule has 0 saturated carbocycles. The lowest BCUT2D eigenvalue weighted by molar-refractivity contribution is -0.169. The Hall–Kier alpha value is -1.52. The third kappa shape index (κ3) is 1.83. The normalized spacial score (nSPS) is 22.4. The minimum atomic E-state index is -0.309. The molecule has 4 nitrogen and oxygen atoms in total. The van der Waals surface area contributed by atoms with Crippen LogP contribution in [0.4, 0.5) is 5.69 Å². The molecule has 0 bridgehead atoms. The Morgan fingerprint density at radius 3 is 2.53 bits per heavy atom. The highest BCUT2D eigenvalue weighted by molar-refractivity contribution is 5.91. The van der Waals surface area contributed by atoms with Crippen molar-refractivity contribution in [2.45, 2.75) is 18.6 Å². The molecule has 0 radical (unpaired) electrons. The number of furan rings is 1. The number of benzene rings is 1. The molecular formula is C15H17NO3. The van der Waals surface area contributed by atoms with Gasteiger partial charge >= 0.3 is 0 Å². The molecule has 3 heterocycles. The van der Waals surface area contributed by atoms with Gasteiger partial charge in [-0.15, -0.1) is 0 Å². The summed E-state index contributed by atoms with van der Waals surface area (Å²) in [6.07, 6.45) is 3.71. The predicted octanol–water partition coefficient (Wildman–Crippen LogP) is 2.78. The number of fused-ring (bicyclic) bond motifs is 1. The van der Waals surface area contributed by atoms with E-state index in [1.807, 2.05) is 18.4 Å². The summed E-state index contributed by atoms with van der Waals surface area (Å²) >= 11 is 0. The number of hydrogen-bond donors (Lipinski definition) is 0. The molecule has 0 unspecified atom stereocenters. The Balaban J connectivity index is 1.58. The number of piperidine rings is 1. The molecule has 19 heavy (non-hydrogen) atoms. The summed E-state index contributed by atoms with van der Waals surface area (Å²) in [4.78, 5) is 2.36. The van der Waals surface area contributed by atoms with E-state index in [1.165, 1.54) is 11.1 Å². The molecule has 0 N–H and O–H groups in total. The van der Waals surface area contributed by atoms with E-state index in [4.69, 9.17) is 13.9 Å². The lowest BCUT2D eigenvalue weighted by Gasteiger charge is -2.38. The van der Waals surface area contributed by atoms with Gasteiger partial charge in [-0.3, -0.25) is 0 Å². The van der Waals surface area contributed by atoms with Gasteiger partial charge in [0, 0.05) is 31.3 Å². The van der Waals surface area contributed by atoms with E-state index < -0.39 is 0 Å². The van der Waals surface area contributed by atoms with Crippen LogP contribution < -0.4 is 4.90 Å². The Morgan fingerprint density at radius 1 is 1.00 bits per heavy atom. The van der Waals surface area contributed by atoms with Crippen molar-refractivity contribution in [3.63, 3.8) is 0 Å². The van der Waals surface area contributed by atoms with Gasteiger partial charge in [0.2, 0.25) is 0 Å². The van der Waals surface area contributed by atoms with Crippen molar-refractivity contribution < 1.29 is 13.9 Å². The molecule has 2 aromatic rings. The summed E-state index contributed by atoms with van der Waals surface area (Å²) in [6, 6.07) is 8.17. The minimum Gasteiger partial charge on any atom is -0.462 e. The van der Waals surface area contributed by atoms with E-state index in [9.17, 15) is 0 Å². The van der Waals surface area contributed by atoms with Crippen LogP contribution in [0.25, 0.3) is 11.0 Å². The molecule has 0 aliphatic carbocycles. The number of nitrogens with zero attached hydrogens (tertiary/aromatic N) is 1. The van der Waals surface area contributed by atoms with Crippen LogP contribution in [-0.4, -0.2) is 32.1 Å². The summed E-state index contributed by atoms with van der Waals surface area (Å²) < 4.78 is 17.1. The van der Waals surface area contributed by atoms with Crippen LogP contribution in [0.15, 0.2) is 34.9 Å². The summed E-state index contributed by atoms with van der Waals surface area (Å²) in [6.45, 7) is 3.36. The van der Waals surface area contributed by atoms with Gasteiger partial charge in [-0.1, -0.05) is 12.1 Å². The standard InChI is InChI=1S/C15H17NO3/c1-2-4-14-12(3-1)13(11-17-14)16-7-5-15(6-8-16)18-9-10-19-15/h1-4,11H,5-10H2. The fourth-order valence-corrected chi connectivity index (χ4v) is 3.08. The fourth-order valence-electron chi connectivity index (χ4n) is 3.08. The minimum absolute atomic E-state index is 0.309. The second-order valence-corrected chi connectivity index (χ2v) is 5.21. The molecule has 2 aliphatic rings. The van der Waals surface area contributed by atoms with Crippen LogP contribution in [-0.2, 0) is 9.47 Å². The quantitative estimate of drug-likeness (QED) is 0.788. The maximum atomic E-state index is 5.76. The van der Waals surface area contributed by atoms with Crippen LogP contribution in [0, 0.1) is 0 Å². The Labute approximate surface area is 111 Å². The third-order valence-corrected chi connectivity index (χ3v) is 4.14. The lowest BCUT2D eigenvalue weighted by Crippen LogP contribution is -2.45. The molecule has 0 amide bonds.